The van der Waals surface area contributed by atoms with Gasteiger partial charge >= 0.3 is 0 Å². The van der Waals surface area contributed by atoms with Crippen LogP contribution in [0.1, 0.15) is 27.6 Å². The van der Waals surface area contributed by atoms with E-state index in [9.17, 15) is 9.59 Å². The third-order valence-corrected chi connectivity index (χ3v) is 4.91. The zero-order valence-corrected chi connectivity index (χ0v) is 15.4. The summed E-state index contributed by atoms with van der Waals surface area (Å²) in [5, 5.41) is 5.38. The normalized spacial score (nSPS) is 12.7. The molecule has 1 N–H and O–H groups in total. The Morgan fingerprint density at radius 3 is 2.50 bits per heavy atom. The molecule has 0 aromatic heterocycles. The Morgan fingerprint density at radius 1 is 1.08 bits per heavy atom. The van der Waals surface area contributed by atoms with E-state index >= 15 is 0 Å². The van der Waals surface area contributed by atoms with Gasteiger partial charge in [-0.25, -0.2) is 0 Å². The lowest BCUT2D eigenvalue weighted by atomic mass is 10.0. The van der Waals surface area contributed by atoms with Gasteiger partial charge in [-0.2, -0.15) is 0 Å². The molecule has 0 fully saturated rings. The van der Waals surface area contributed by atoms with E-state index in [0.717, 1.165) is 16.5 Å². The number of hydrogen-bond donors (Lipinski definition) is 1. The van der Waals surface area contributed by atoms with Crippen LogP contribution in [-0.2, 0) is 0 Å². The molecule has 3 aromatic rings. The van der Waals surface area contributed by atoms with Crippen LogP contribution in [0.25, 0.3) is 10.8 Å². The quantitative estimate of drug-likeness (QED) is 0.658. The highest BCUT2D eigenvalue weighted by molar-refractivity contribution is 6.35. The summed E-state index contributed by atoms with van der Waals surface area (Å²) in [5.74, 6) is -0.329. The molecule has 0 aliphatic carbocycles. The van der Waals surface area contributed by atoms with Crippen LogP contribution in [0, 0.1) is 0 Å². The zero-order valence-electron chi connectivity index (χ0n) is 13.8. The summed E-state index contributed by atoms with van der Waals surface area (Å²) in [6.45, 7) is 2.53. The third-order valence-electron chi connectivity index (χ3n) is 4.47. The second-order valence-electron chi connectivity index (χ2n) is 6.02. The van der Waals surface area contributed by atoms with Crippen molar-refractivity contribution in [1.82, 2.24) is 0 Å². The summed E-state index contributed by atoms with van der Waals surface area (Å²) < 4.78 is 0. The maximum Gasteiger partial charge on any atom is 0.258 e. The third kappa shape index (κ3) is 2.62. The average molecular weight is 385 g/mol. The van der Waals surface area contributed by atoms with Crippen molar-refractivity contribution in [3.05, 3.63) is 69.7 Å². The van der Waals surface area contributed by atoms with Crippen molar-refractivity contribution in [3.63, 3.8) is 0 Å². The monoisotopic (exact) mass is 384 g/mol. The molecule has 0 saturated heterocycles. The van der Waals surface area contributed by atoms with Crippen molar-refractivity contribution < 1.29 is 9.59 Å². The molecule has 0 spiro atoms. The summed E-state index contributed by atoms with van der Waals surface area (Å²) in [5.41, 5.74) is 2.53. The standard InChI is InChI=1S/C20H14Cl2N2O2/c1-2-24-17-7-6-16(14-4-3-5-15(18(14)17)20(24)26)23-19(25)11-8-12(21)10-13(22)9-11/h3-10H,2H2,1H3,(H,23,25). The molecule has 0 atom stereocenters. The molecule has 4 nitrogen and oxygen atoms in total. The first-order chi connectivity index (χ1) is 12.5. The molecule has 0 bridgehead atoms. The van der Waals surface area contributed by atoms with Crippen LogP contribution >= 0.6 is 23.2 Å². The molecule has 3 aromatic carbocycles. The molecule has 0 radical (unpaired) electrons. The second kappa shape index (κ2) is 6.31. The number of amides is 2. The van der Waals surface area contributed by atoms with Crippen LogP contribution < -0.4 is 10.2 Å². The molecule has 0 unspecified atom stereocenters. The molecule has 1 aliphatic heterocycles. The van der Waals surface area contributed by atoms with Crippen LogP contribution in [0.5, 0.6) is 0 Å². The van der Waals surface area contributed by atoms with Gasteiger partial charge in [0.2, 0.25) is 0 Å². The van der Waals surface area contributed by atoms with Gasteiger partial charge in [-0.1, -0.05) is 35.3 Å². The van der Waals surface area contributed by atoms with E-state index < -0.39 is 0 Å². The Morgan fingerprint density at radius 2 is 1.81 bits per heavy atom. The number of halogens is 2. The largest absolute Gasteiger partial charge is 0.321 e. The van der Waals surface area contributed by atoms with E-state index in [1.165, 1.54) is 0 Å². The van der Waals surface area contributed by atoms with Gasteiger partial charge in [0, 0.05) is 44.2 Å². The SMILES string of the molecule is CCN1C(=O)c2cccc3c(NC(=O)c4cc(Cl)cc(Cl)c4)ccc1c23. The van der Waals surface area contributed by atoms with Crippen molar-refractivity contribution in [2.24, 2.45) is 0 Å². The van der Waals surface area contributed by atoms with Crippen molar-refractivity contribution in [2.75, 3.05) is 16.8 Å². The molecular weight excluding hydrogens is 371 g/mol. The lowest BCUT2D eigenvalue weighted by Gasteiger charge is -2.15. The van der Waals surface area contributed by atoms with E-state index in [-0.39, 0.29) is 11.8 Å². The van der Waals surface area contributed by atoms with E-state index in [2.05, 4.69) is 5.32 Å². The molecule has 0 saturated carbocycles. The van der Waals surface area contributed by atoms with Gasteiger partial charge in [0.05, 0.1) is 5.69 Å². The lowest BCUT2D eigenvalue weighted by Crippen LogP contribution is -2.25. The van der Waals surface area contributed by atoms with Crippen LogP contribution in [0.15, 0.2) is 48.5 Å². The number of benzene rings is 3. The predicted molar refractivity (Wildman–Crippen MR) is 106 cm³/mol. The Labute approximate surface area is 160 Å². The van der Waals surface area contributed by atoms with E-state index in [1.807, 2.05) is 37.3 Å². The molecule has 26 heavy (non-hydrogen) atoms. The van der Waals surface area contributed by atoms with Crippen LogP contribution in [0.3, 0.4) is 0 Å². The minimum atomic E-state index is -0.313. The van der Waals surface area contributed by atoms with Crippen LogP contribution in [0.2, 0.25) is 10.0 Å². The van der Waals surface area contributed by atoms with Crippen molar-refractivity contribution in [2.45, 2.75) is 6.92 Å². The van der Waals surface area contributed by atoms with Gasteiger partial charge in [-0.15, -0.1) is 0 Å². The molecular formula is C20H14Cl2N2O2. The molecule has 2 amide bonds. The smallest absolute Gasteiger partial charge is 0.258 e. The van der Waals surface area contributed by atoms with Gasteiger partial charge in [0.15, 0.2) is 0 Å². The molecule has 1 heterocycles. The number of hydrogen-bond acceptors (Lipinski definition) is 2. The Balaban J connectivity index is 1.78. The molecule has 130 valence electrons. The van der Waals surface area contributed by atoms with Gasteiger partial charge < -0.3 is 10.2 Å². The fourth-order valence-corrected chi connectivity index (χ4v) is 3.87. The van der Waals surface area contributed by atoms with E-state index in [0.29, 0.717) is 33.4 Å². The molecule has 4 rings (SSSR count). The molecule has 1 aliphatic rings. The van der Waals surface area contributed by atoms with E-state index in [4.69, 9.17) is 23.2 Å². The topological polar surface area (TPSA) is 49.4 Å². The highest BCUT2D eigenvalue weighted by Gasteiger charge is 2.29. The van der Waals surface area contributed by atoms with Gasteiger partial charge in [-0.05, 0) is 43.3 Å². The predicted octanol–water partition coefficient (Wildman–Crippen LogP) is 5.38. The first kappa shape index (κ1) is 16.9. The molecule has 6 heteroatoms. The Hall–Kier alpha value is -2.56. The van der Waals surface area contributed by atoms with Crippen molar-refractivity contribution >= 4 is 57.2 Å². The average Bonchev–Trinajstić information content (AvgIpc) is 2.89. The Kier molecular flexibility index (Phi) is 4.10. The minimum absolute atomic E-state index is 0.0156. The minimum Gasteiger partial charge on any atom is -0.321 e. The second-order valence-corrected chi connectivity index (χ2v) is 6.89. The fraction of sp³-hybridized carbons (Fsp3) is 0.100. The highest BCUT2D eigenvalue weighted by atomic mass is 35.5. The highest BCUT2D eigenvalue weighted by Crippen LogP contribution is 2.40. The van der Waals surface area contributed by atoms with Gasteiger partial charge in [0.1, 0.15) is 0 Å². The number of carbonyl (C=O) groups is 2. The summed E-state index contributed by atoms with van der Waals surface area (Å²) in [4.78, 5) is 26.9. The Bertz CT molecular complexity index is 1060. The summed E-state index contributed by atoms with van der Waals surface area (Å²) in [6.07, 6.45) is 0. The first-order valence-corrected chi connectivity index (χ1v) is 8.90. The van der Waals surface area contributed by atoms with E-state index in [1.54, 1.807) is 23.1 Å². The maximum atomic E-state index is 12.6. The van der Waals surface area contributed by atoms with Gasteiger partial charge in [0.25, 0.3) is 11.8 Å². The number of rotatable bonds is 3. The zero-order chi connectivity index (χ0) is 18.4. The van der Waals surface area contributed by atoms with Crippen LogP contribution in [0.4, 0.5) is 11.4 Å². The number of carbonyl (C=O) groups excluding carboxylic acids is 2. The van der Waals surface area contributed by atoms with Crippen molar-refractivity contribution in [1.29, 1.82) is 0 Å². The summed E-state index contributed by atoms with van der Waals surface area (Å²) in [6, 6.07) is 13.9. The number of anilines is 2. The number of nitrogens with zero attached hydrogens (tertiary/aromatic N) is 1. The maximum absolute atomic E-state index is 12.6. The van der Waals surface area contributed by atoms with Gasteiger partial charge in [-0.3, -0.25) is 9.59 Å². The number of nitrogens with one attached hydrogen (secondary N) is 1. The van der Waals surface area contributed by atoms with Crippen LogP contribution in [-0.4, -0.2) is 18.4 Å². The summed E-state index contributed by atoms with van der Waals surface area (Å²) in [7, 11) is 0. The fourth-order valence-electron chi connectivity index (χ4n) is 3.35. The summed E-state index contributed by atoms with van der Waals surface area (Å²) >= 11 is 12.0. The van der Waals surface area contributed by atoms with Crippen molar-refractivity contribution in [3.8, 4) is 0 Å². The first-order valence-electron chi connectivity index (χ1n) is 8.14. The lowest BCUT2D eigenvalue weighted by molar-refractivity contribution is 0.0992.